The van der Waals surface area contributed by atoms with E-state index in [2.05, 4.69) is 20.4 Å². The normalized spacial score (nSPS) is 11.1. The van der Waals surface area contributed by atoms with E-state index in [1.165, 1.54) is 16.9 Å². The number of carbonyl (C=O) groups excluding carboxylic acids is 1. The van der Waals surface area contributed by atoms with Crippen LogP contribution in [0.15, 0.2) is 54.7 Å². The maximum atomic E-state index is 14.0. The second kappa shape index (κ2) is 7.64. The molecule has 0 aliphatic rings. The zero-order valence-corrected chi connectivity index (χ0v) is 15.4. The summed E-state index contributed by atoms with van der Waals surface area (Å²) >= 11 is 0. The highest BCUT2D eigenvalue weighted by atomic mass is 19.1. The van der Waals surface area contributed by atoms with Crippen molar-refractivity contribution in [3.63, 3.8) is 0 Å². The summed E-state index contributed by atoms with van der Waals surface area (Å²) in [6.07, 6.45) is 2.96. The van der Waals surface area contributed by atoms with Crippen LogP contribution in [0.1, 0.15) is 28.3 Å². The topological polar surface area (TPSA) is 75.6 Å². The molecular formula is C21H20FN5O. The van der Waals surface area contributed by atoms with Crippen LogP contribution in [0.4, 0.5) is 4.39 Å². The molecule has 0 saturated carbocycles. The number of benzene rings is 2. The van der Waals surface area contributed by atoms with Gasteiger partial charge >= 0.3 is 0 Å². The second-order valence-electron chi connectivity index (χ2n) is 6.57. The molecule has 0 spiro atoms. The van der Waals surface area contributed by atoms with E-state index in [0.717, 1.165) is 29.7 Å². The summed E-state index contributed by atoms with van der Waals surface area (Å²) in [6, 6.07) is 14.2. The lowest BCUT2D eigenvalue weighted by molar-refractivity contribution is 0.0952. The third-order valence-electron chi connectivity index (χ3n) is 4.65. The lowest BCUT2D eigenvalue weighted by Gasteiger charge is -2.07. The monoisotopic (exact) mass is 377 g/mol. The number of hydrogen-bond donors (Lipinski definition) is 2. The quantitative estimate of drug-likeness (QED) is 0.505. The molecule has 4 aromatic rings. The summed E-state index contributed by atoms with van der Waals surface area (Å²) in [6.45, 7) is 2.27. The minimum Gasteiger partial charge on any atom is -0.352 e. The Hall–Kier alpha value is -3.48. The van der Waals surface area contributed by atoms with Crippen molar-refractivity contribution < 1.29 is 9.18 Å². The summed E-state index contributed by atoms with van der Waals surface area (Å²) in [5.41, 5.74) is 3.31. The van der Waals surface area contributed by atoms with E-state index in [9.17, 15) is 9.18 Å². The van der Waals surface area contributed by atoms with Crippen LogP contribution >= 0.6 is 0 Å². The molecule has 2 heterocycles. The maximum Gasteiger partial charge on any atom is 0.254 e. The predicted octanol–water partition coefficient (Wildman–Crippen LogP) is 3.56. The number of nitrogens with zero attached hydrogens (tertiary/aromatic N) is 3. The number of rotatable bonds is 6. The van der Waals surface area contributed by atoms with E-state index in [1.54, 1.807) is 25.1 Å². The van der Waals surface area contributed by atoms with Gasteiger partial charge in [0.2, 0.25) is 0 Å². The van der Waals surface area contributed by atoms with E-state index in [4.69, 9.17) is 0 Å². The Bertz CT molecular complexity index is 1100. The highest BCUT2D eigenvalue weighted by Gasteiger charge is 2.16. The van der Waals surface area contributed by atoms with E-state index in [0.29, 0.717) is 23.5 Å². The molecule has 0 bridgehead atoms. The number of carbonyl (C=O) groups is 1. The Morgan fingerprint density at radius 2 is 1.96 bits per heavy atom. The van der Waals surface area contributed by atoms with E-state index < -0.39 is 0 Å². The molecule has 6 nitrogen and oxygen atoms in total. The zero-order chi connectivity index (χ0) is 19.5. The molecule has 28 heavy (non-hydrogen) atoms. The van der Waals surface area contributed by atoms with E-state index in [-0.39, 0.29) is 11.7 Å². The van der Waals surface area contributed by atoms with Crippen LogP contribution in [-0.2, 0) is 6.42 Å². The van der Waals surface area contributed by atoms with Crippen molar-refractivity contribution in [3.8, 4) is 5.69 Å². The number of imidazole rings is 1. The first-order valence-corrected chi connectivity index (χ1v) is 9.15. The molecule has 0 atom stereocenters. The van der Waals surface area contributed by atoms with Crippen molar-refractivity contribution in [3.05, 3.63) is 77.6 Å². The van der Waals surface area contributed by atoms with Crippen molar-refractivity contribution in [1.29, 1.82) is 0 Å². The van der Waals surface area contributed by atoms with Gasteiger partial charge in [0.1, 0.15) is 17.3 Å². The fraction of sp³-hybridized carbons (Fsp3) is 0.190. The third kappa shape index (κ3) is 3.51. The van der Waals surface area contributed by atoms with Gasteiger partial charge in [-0.2, -0.15) is 5.10 Å². The summed E-state index contributed by atoms with van der Waals surface area (Å²) < 4.78 is 15.4. The molecule has 7 heteroatoms. The summed E-state index contributed by atoms with van der Waals surface area (Å²) in [5, 5.41) is 7.06. The lowest BCUT2D eigenvalue weighted by atomic mass is 10.2. The average Bonchev–Trinajstić information content (AvgIpc) is 3.28. The van der Waals surface area contributed by atoms with Crippen molar-refractivity contribution in [2.45, 2.75) is 19.8 Å². The van der Waals surface area contributed by atoms with Crippen molar-refractivity contribution in [1.82, 2.24) is 25.1 Å². The first-order valence-electron chi connectivity index (χ1n) is 9.15. The van der Waals surface area contributed by atoms with Gasteiger partial charge in [0, 0.05) is 13.0 Å². The van der Waals surface area contributed by atoms with Crippen LogP contribution in [0, 0.1) is 12.7 Å². The second-order valence-corrected chi connectivity index (χ2v) is 6.57. The SMILES string of the molecule is Cc1c(C(=O)NCCCc2nc3ccccc3[nH]2)cnn1-c1ccccc1F. The van der Waals surface area contributed by atoms with E-state index >= 15 is 0 Å². The highest BCUT2D eigenvalue weighted by Crippen LogP contribution is 2.17. The van der Waals surface area contributed by atoms with Gasteiger partial charge in [-0.3, -0.25) is 4.79 Å². The zero-order valence-electron chi connectivity index (χ0n) is 15.4. The first-order chi connectivity index (χ1) is 13.6. The lowest BCUT2D eigenvalue weighted by Crippen LogP contribution is -2.25. The minimum atomic E-state index is -0.383. The number of H-pyrrole nitrogens is 1. The summed E-state index contributed by atoms with van der Waals surface area (Å²) in [5.74, 6) is 0.301. The molecular weight excluding hydrogens is 357 g/mol. The Labute approximate surface area is 161 Å². The Kier molecular flexibility index (Phi) is 4.89. The highest BCUT2D eigenvalue weighted by molar-refractivity contribution is 5.95. The smallest absolute Gasteiger partial charge is 0.254 e. The minimum absolute atomic E-state index is 0.218. The number of halogens is 1. The Balaban J connectivity index is 1.36. The van der Waals surface area contributed by atoms with Crippen LogP contribution < -0.4 is 5.32 Å². The molecule has 0 aliphatic carbocycles. The number of aromatic nitrogens is 4. The predicted molar refractivity (Wildman–Crippen MR) is 105 cm³/mol. The third-order valence-corrected chi connectivity index (χ3v) is 4.65. The molecule has 1 amide bonds. The summed E-state index contributed by atoms with van der Waals surface area (Å²) in [4.78, 5) is 20.3. The van der Waals surface area contributed by atoms with Gasteiger partial charge in [0.05, 0.1) is 28.5 Å². The van der Waals surface area contributed by atoms with Gasteiger partial charge in [-0.05, 0) is 37.6 Å². The number of nitrogens with one attached hydrogen (secondary N) is 2. The van der Waals surface area contributed by atoms with Crippen LogP contribution in [0.3, 0.4) is 0 Å². The number of aromatic amines is 1. The summed E-state index contributed by atoms with van der Waals surface area (Å²) in [7, 11) is 0. The van der Waals surface area contributed by atoms with Gasteiger partial charge in [0.25, 0.3) is 5.91 Å². The molecule has 2 aromatic heterocycles. The van der Waals surface area contributed by atoms with E-state index in [1.807, 2.05) is 24.3 Å². The Morgan fingerprint density at radius 3 is 2.79 bits per heavy atom. The van der Waals surface area contributed by atoms with Crippen molar-refractivity contribution in [2.75, 3.05) is 6.54 Å². The fourth-order valence-corrected chi connectivity index (χ4v) is 3.18. The van der Waals surface area contributed by atoms with Gasteiger partial charge < -0.3 is 10.3 Å². The van der Waals surface area contributed by atoms with Gasteiger partial charge in [-0.15, -0.1) is 0 Å². The van der Waals surface area contributed by atoms with Crippen LogP contribution in [-0.4, -0.2) is 32.2 Å². The number of aryl methyl sites for hydroxylation is 1. The number of amides is 1. The van der Waals surface area contributed by atoms with Gasteiger partial charge in [-0.25, -0.2) is 14.1 Å². The number of para-hydroxylation sites is 3. The largest absolute Gasteiger partial charge is 0.352 e. The first kappa shape index (κ1) is 17.9. The number of fused-ring (bicyclic) bond motifs is 1. The molecule has 0 saturated heterocycles. The number of hydrogen-bond acceptors (Lipinski definition) is 3. The maximum absolute atomic E-state index is 14.0. The average molecular weight is 377 g/mol. The Morgan fingerprint density at radius 1 is 1.18 bits per heavy atom. The fourth-order valence-electron chi connectivity index (χ4n) is 3.18. The van der Waals surface area contributed by atoms with Crippen LogP contribution in [0.2, 0.25) is 0 Å². The molecule has 0 unspecified atom stereocenters. The van der Waals surface area contributed by atoms with Gasteiger partial charge in [-0.1, -0.05) is 24.3 Å². The molecule has 0 radical (unpaired) electrons. The molecule has 2 N–H and O–H groups in total. The van der Waals surface area contributed by atoms with Crippen LogP contribution in [0.25, 0.3) is 16.7 Å². The molecule has 4 rings (SSSR count). The molecule has 0 aliphatic heterocycles. The van der Waals surface area contributed by atoms with Crippen LogP contribution in [0.5, 0.6) is 0 Å². The standard InChI is InChI=1S/C21H20FN5O/c1-14-15(13-24-27(14)19-10-5-2-7-16(19)22)21(28)23-12-6-11-20-25-17-8-3-4-9-18(17)26-20/h2-5,7-10,13H,6,11-12H2,1H3,(H,23,28)(H,25,26). The van der Waals surface area contributed by atoms with Crippen molar-refractivity contribution in [2.24, 2.45) is 0 Å². The molecule has 142 valence electrons. The van der Waals surface area contributed by atoms with Crippen molar-refractivity contribution >= 4 is 16.9 Å². The molecule has 2 aromatic carbocycles. The molecule has 0 fully saturated rings. The van der Waals surface area contributed by atoms with Gasteiger partial charge in [0.15, 0.2) is 0 Å².